The van der Waals surface area contributed by atoms with Crippen molar-refractivity contribution in [2.75, 3.05) is 13.2 Å². The minimum absolute atomic E-state index is 0.00837. The van der Waals surface area contributed by atoms with Gasteiger partial charge in [-0.15, -0.1) is 0 Å². The lowest BCUT2D eigenvalue weighted by molar-refractivity contribution is -0.146. The summed E-state index contributed by atoms with van der Waals surface area (Å²) in [5.41, 5.74) is 1.07. The lowest BCUT2D eigenvalue weighted by Gasteiger charge is -2.18. The first-order chi connectivity index (χ1) is 14.0. The predicted molar refractivity (Wildman–Crippen MR) is 118 cm³/mol. The number of carbonyl (C=O) groups is 1. The number of phenolic OH excluding ortho intramolecular Hbond substituents is 1. The molecule has 0 unspecified atom stereocenters. The Morgan fingerprint density at radius 1 is 1.00 bits per heavy atom. The minimum atomic E-state index is -0.981. The van der Waals surface area contributed by atoms with E-state index in [-0.39, 0.29) is 6.29 Å². The van der Waals surface area contributed by atoms with E-state index in [1.54, 1.807) is 6.07 Å². The van der Waals surface area contributed by atoms with E-state index in [0.717, 1.165) is 57.0 Å². The van der Waals surface area contributed by atoms with Gasteiger partial charge in [-0.2, -0.15) is 0 Å². The highest BCUT2D eigenvalue weighted by Gasteiger charge is 2.08. The van der Waals surface area contributed by atoms with Crippen LogP contribution in [0.25, 0.3) is 0 Å². The van der Waals surface area contributed by atoms with Gasteiger partial charge in [0.25, 0.3) is 0 Å². The van der Waals surface area contributed by atoms with E-state index in [9.17, 15) is 9.90 Å². The number of ether oxygens (including phenoxy) is 2. The van der Waals surface area contributed by atoms with Gasteiger partial charge < -0.3 is 19.7 Å². The number of unbranched alkanes of at least 4 members (excludes halogenated alkanes) is 5. The number of aryl methyl sites for hydroxylation is 1. The average molecular weight is 409 g/mol. The normalized spacial score (nSPS) is 10.4. The summed E-state index contributed by atoms with van der Waals surface area (Å²) in [6.07, 6.45) is 12.3. The van der Waals surface area contributed by atoms with Crippen molar-refractivity contribution < 1.29 is 24.5 Å². The number of aromatic hydroxyl groups is 1. The van der Waals surface area contributed by atoms with Crippen LogP contribution >= 0.6 is 0 Å². The van der Waals surface area contributed by atoms with Crippen LogP contribution in [0.15, 0.2) is 36.9 Å². The number of benzene rings is 1. The summed E-state index contributed by atoms with van der Waals surface area (Å²) in [5, 5.41) is 17.3. The Bertz CT molecular complexity index is 522. The molecular formula is C24H40O5. The molecular weight excluding hydrogens is 368 g/mol. The maximum absolute atomic E-state index is 9.73. The highest BCUT2D eigenvalue weighted by atomic mass is 16.7. The lowest BCUT2D eigenvalue weighted by Crippen LogP contribution is -2.18. The van der Waals surface area contributed by atoms with E-state index < -0.39 is 5.97 Å². The lowest BCUT2D eigenvalue weighted by atomic mass is 10.0. The average Bonchev–Trinajstić information content (AvgIpc) is 2.72. The van der Waals surface area contributed by atoms with Crippen molar-refractivity contribution in [3.05, 3.63) is 42.5 Å². The molecule has 0 radical (unpaired) electrons. The zero-order valence-corrected chi connectivity index (χ0v) is 18.3. The van der Waals surface area contributed by atoms with Gasteiger partial charge in [-0.3, -0.25) is 0 Å². The summed E-state index contributed by atoms with van der Waals surface area (Å²) in [7, 11) is 0. The van der Waals surface area contributed by atoms with Crippen molar-refractivity contribution in [1.82, 2.24) is 0 Å². The van der Waals surface area contributed by atoms with Crippen LogP contribution in [0.2, 0.25) is 0 Å². The van der Waals surface area contributed by atoms with E-state index in [4.69, 9.17) is 14.6 Å². The summed E-state index contributed by atoms with van der Waals surface area (Å²) in [6.45, 7) is 8.81. The summed E-state index contributed by atoms with van der Waals surface area (Å²) in [4.78, 5) is 9.25. The van der Waals surface area contributed by atoms with E-state index in [1.807, 2.05) is 18.2 Å². The molecule has 0 fully saturated rings. The molecule has 0 heterocycles. The highest BCUT2D eigenvalue weighted by molar-refractivity contribution is 5.78. The summed E-state index contributed by atoms with van der Waals surface area (Å²) in [5.74, 6) is -0.548. The Morgan fingerprint density at radius 3 is 2.03 bits per heavy atom. The standard InChI is InChI=1S/C21H36O3.C3H4O2/c1-3-17-23-21(24-18-4-2)16-10-8-6-5-7-9-13-19-14-11-12-15-20(19)22;1-2-3(4)5/h11-12,14-15,21-22H,3-10,13,16-18H2,1-2H3;2H,1H2,(H,4,5). The smallest absolute Gasteiger partial charge is 0.327 e. The number of carboxylic acids is 1. The highest BCUT2D eigenvalue weighted by Crippen LogP contribution is 2.19. The number of rotatable bonds is 16. The maximum Gasteiger partial charge on any atom is 0.327 e. The molecule has 0 aliphatic rings. The van der Waals surface area contributed by atoms with Gasteiger partial charge in [-0.25, -0.2) is 4.79 Å². The number of carboxylic acid groups (broad SMARTS) is 1. The number of hydrogen-bond acceptors (Lipinski definition) is 4. The zero-order chi connectivity index (χ0) is 21.7. The van der Waals surface area contributed by atoms with Crippen LogP contribution < -0.4 is 0 Å². The van der Waals surface area contributed by atoms with Crippen molar-refractivity contribution in [1.29, 1.82) is 0 Å². The van der Waals surface area contributed by atoms with Gasteiger partial charge in [0, 0.05) is 19.3 Å². The molecule has 0 amide bonds. The largest absolute Gasteiger partial charge is 0.508 e. The van der Waals surface area contributed by atoms with Crippen LogP contribution in [-0.4, -0.2) is 35.7 Å². The fraction of sp³-hybridized carbons (Fsp3) is 0.625. The molecule has 1 aromatic rings. The SMILES string of the molecule is C=CC(=O)O.CCCOC(CCCCCCCCc1ccccc1O)OCCC. The topological polar surface area (TPSA) is 76.0 Å². The number of aliphatic carboxylic acids is 1. The Kier molecular flexibility index (Phi) is 18.2. The van der Waals surface area contributed by atoms with Crippen LogP contribution in [-0.2, 0) is 20.7 Å². The third-order valence-electron chi connectivity index (χ3n) is 4.32. The molecule has 0 aromatic heterocycles. The molecule has 0 aliphatic carbocycles. The summed E-state index contributed by atoms with van der Waals surface area (Å²) >= 11 is 0. The second kappa shape index (κ2) is 19.5. The van der Waals surface area contributed by atoms with Crippen molar-refractivity contribution in [3.8, 4) is 5.75 Å². The Labute approximate surface area is 176 Å². The molecule has 0 saturated heterocycles. The van der Waals surface area contributed by atoms with Gasteiger partial charge in [-0.1, -0.05) is 64.3 Å². The molecule has 0 spiro atoms. The molecule has 1 aromatic carbocycles. The number of hydrogen-bond donors (Lipinski definition) is 2. The van der Waals surface area contributed by atoms with Gasteiger partial charge in [0.2, 0.25) is 0 Å². The van der Waals surface area contributed by atoms with Crippen molar-refractivity contribution >= 4 is 5.97 Å². The second-order valence-corrected chi connectivity index (χ2v) is 7.00. The van der Waals surface area contributed by atoms with Crippen LogP contribution in [0.5, 0.6) is 5.75 Å². The quantitative estimate of drug-likeness (QED) is 0.196. The molecule has 1 rings (SSSR count). The van der Waals surface area contributed by atoms with Gasteiger partial charge >= 0.3 is 5.97 Å². The van der Waals surface area contributed by atoms with E-state index in [1.165, 1.54) is 32.1 Å². The molecule has 0 bridgehead atoms. The molecule has 0 atom stereocenters. The Balaban J connectivity index is 0.00000139. The van der Waals surface area contributed by atoms with Gasteiger partial charge in [-0.05, 0) is 50.2 Å². The van der Waals surface area contributed by atoms with Gasteiger partial charge in [0.05, 0.1) is 0 Å². The Hall–Kier alpha value is -1.85. The van der Waals surface area contributed by atoms with Crippen molar-refractivity contribution in [2.45, 2.75) is 84.3 Å². The van der Waals surface area contributed by atoms with E-state index in [2.05, 4.69) is 20.4 Å². The fourth-order valence-corrected chi connectivity index (χ4v) is 2.77. The number of phenols is 1. The fourth-order valence-electron chi connectivity index (χ4n) is 2.77. The third kappa shape index (κ3) is 16.8. The van der Waals surface area contributed by atoms with Crippen molar-refractivity contribution in [3.63, 3.8) is 0 Å². The predicted octanol–water partition coefficient (Wildman–Crippen LogP) is 6.10. The minimum Gasteiger partial charge on any atom is -0.508 e. The molecule has 166 valence electrons. The van der Waals surface area contributed by atoms with Gasteiger partial charge in [0.15, 0.2) is 6.29 Å². The van der Waals surface area contributed by atoms with E-state index in [0.29, 0.717) is 5.75 Å². The van der Waals surface area contributed by atoms with E-state index >= 15 is 0 Å². The van der Waals surface area contributed by atoms with Crippen LogP contribution in [0.4, 0.5) is 0 Å². The van der Waals surface area contributed by atoms with Crippen LogP contribution in [0.1, 0.15) is 77.2 Å². The zero-order valence-electron chi connectivity index (χ0n) is 18.3. The molecule has 2 N–H and O–H groups in total. The summed E-state index contributed by atoms with van der Waals surface area (Å²) in [6, 6.07) is 7.66. The summed E-state index contributed by atoms with van der Waals surface area (Å²) < 4.78 is 11.5. The molecule has 0 saturated carbocycles. The first kappa shape index (κ1) is 27.1. The molecule has 5 heteroatoms. The molecule has 5 nitrogen and oxygen atoms in total. The molecule has 0 aliphatic heterocycles. The third-order valence-corrected chi connectivity index (χ3v) is 4.32. The monoisotopic (exact) mass is 408 g/mol. The molecule has 29 heavy (non-hydrogen) atoms. The first-order valence-electron chi connectivity index (χ1n) is 10.9. The van der Waals surface area contributed by atoms with Crippen molar-refractivity contribution in [2.24, 2.45) is 0 Å². The van der Waals surface area contributed by atoms with Crippen LogP contribution in [0, 0.1) is 0 Å². The first-order valence-corrected chi connectivity index (χ1v) is 10.9. The Morgan fingerprint density at radius 2 is 1.52 bits per heavy atom. The van der Waals surface area contributed by atoms with Crippen LogP contribution in [0.3, 0.4) is 0 Å². The maximum atomic E-state index is 9.73. The van der Waals surface area contributed by atoms with Gasteiger partial charge in [0.1, 0.15) is 5.75 Å². The number of para-hydroxylation sites is 1. The second-order valence-electron chi connectivity index (χ2n) is 7.00.